The molecule has 0 fully saturated rings. The molecule has 2 aromatic heterocycles. The van der Waals surface area contributed by atoms with Gasteiger partial charge < -0.3 is 14.5 Å². The van der Waals surface area contributed by atoms with Crippen LogP contribution in [0, 0.1) is 0 Å². The van der Waals surface area contributed by atoms with Crippen LogP contribution in [-0.4, -0.2) is 53.3 Å². The van der Waals surface area contributed by atoms with Crippen LogP contribution in [0.25, 0.3) is 22.6 Å². The molecule has 0 saturated heterocycles. The number of aromatic amines is 1. The Labute approximate surface area is 194 Å². The fraction of sp³-hybridized carbons (Fsp3) is 0.227. The molecule has 0 saturated carbocycles. The molecule has 172 valence electrons. The molecule has 0 spiro atoms. The van der Waals surface area contributed by atoms with Crippen LogP contribution in [0.2, 0.25) is 0 Å². The molecule has 0 amide bonds. The first kappa shape index (κ1) is 23.0. The highest BCUT2D eigenvalue weighted by atomic mass is 79.9. The van der Waals surface area contributed by atoms with Crippen LogP contribution < -0.4 is 9.47 Å². The molecule has 1 aliphatic rings. The van der Waals surface area contributed by atoms with Gasteiger partial charge in [-0.3, -0.25) is 4.99 Å². The molecule has 2 atom stereocenters. The minimum atomic E-state index is -4.64. The SMILES string of the molecule is COc1cc(OCC2N=CC(C(F)(F)F)=CC2F)ccc1-c1cnc(-c2ccc(Br)nc2)[nH]1. The molecule has 1 aliphatic heterocycles. The third-order valence-corrected chi connectivity index (χ3v) is 5.37. The van der Waals surface area contributed by atoms with Crippen LogP contribution in [0.15, 0.2) is 64.0 Å². The van der Waals surface area contributed by atoms with E-state index in [9.17, 15) is 17.6 Å². The Kier molecular flexibility index (Phi) is 6.50. The minimum Gasteiger partial charge on any atom is -0.496 e. The molecule has 1 N–H and O–H groups in total. The summed E-state index contributed by atoms with van der Waals surface area (Å²) >= 11 is 3.29. The highest BCUT2D eigenvalue weighted by Crippen LogP contribution is 2.34. The number of alkyl halides is 4. The average molecular weight is 525 g/mol. The number of aliphatic imine (C=N–C) groups is 1. The van der Waals surface area contributed by atoms with Crippen LogP contribution in [0.5, 0.6) is 11.5 Å². The molecule has 3 heterocycles. The van der Waals surface area contributed by atoms with Crippen molar-refractivity contribution in [3.8, 4) is 34.1 Å². The lowest BCUT2D eigenvalue weighted by Crippen LogP contribution is -2.31. The number of benzene rings is 1. The van der Waals surface area contributed by atoms with Crippen LogP contribution in [0.1, 0.15) is 0 Å². The van der Waals surface area contributed by atoms with E-state index in [0.717, 1.165) is 5.56 Å². The number of nitrogens with zero attached hydrogens (tertiary/aromatic N) is 3. The Bertz CT molecular complexity index is 1190. The summed E-state index contributed by atoms with van der Waals surface area (Å²) in [4.78, 5) is 15.4. The minimum absolute atomic E-state index is 0.230. The second kappa shape index (κ2) is 9.34. The van der Waals surface area contributed by atoms with E-state index in [1.807, 2.05) is 12.1 Å². The molecule has 0 aliphatic carbocycles. The standard InChI is InChI=1S/C22H17BrF4N4O2/c1-32-19-7-14(33-11-18-16(24)6-13(9-28-18)22(25,26)27)3-4-15(19)17-10-30-21(31-17)12-2-5-20(23)29-8-12/h2-10,16,18H,11H2,1H3,(H,30,31). The number of hydrogen-bond donors (Lipinski definition) is 1. The van der Waals surface area contributed by atoms with Crippen molar-refractivity contribution in [2.75, 3.05) is 13.7 Å². The van der Waals surface area contributed by atoms with Crippen molar-refractivity contribution in [3.63, 3.8) is 0 Å². The number of methoxy groups -OCH3 is 1. The van der Waals surface area contributed by atoms with Gasteiger partial charge in [-0.1, -0.05) is 0 Å². The number of aromatic nitrogens is 3. The molecule has 0 bridgehead atoms. The van der Waals surface area contributed by atoms with E-state index in [1.54, 1.807) is 30.6 Å². The van der Waals surface area contributed by atoms with Gasteiger partial charge in [-0.15, -0.1) is 0 Å². The zero-order valence-electron chi connectivity index (χ0n) is 17.1. The van der Waals surface area contributed by atoms with Crippen molar-refractivity contribution in [1.29, 1.82) is 0 Å². The smallest absolute Gasteiger partial charge is 0.417 e. The van der Waals surface area contributed by atoms with Crippen molar-refractivity contribution in [2.45, 2.75) is 18.4 Å². The number of pyridine rings is 1. The molecule has 6 nitrogen and oxygen atoms in total. The van der Waals surface area contributed by atoms with Gasteiger partial charge in [-0.25, -0.2) is 14.4 Å². The van der Waals surface area contributed by atoms with Crippen molar-refractivity contribution in [2.24, 2.45) is 4.99 Å². The average Bonchev–Trinajstić information content (AvgIpc) is 3.28. The molecule has 3 aromatic rings. The van der Waals surface area contributed by atoms with E-state index in [-0.39, 0.29) is 6.61 Å². The lowest BCUT2D eigenvalue weighted by atomic mass is 10.1. The van der Waals surface area contributed by atoms with E-state index >= 15 is 0 Å². The predicted octanol–water partition coefficient (Wildman–Crippen LogP) is 5.57. The van der Waals surface area contributed by atoms with Crippen molar-refractivity contribution in [3.05, 3.63) is 59.0 Å². The van der Waals surface area contributed by atoms with E-state index in [1.165, 1.54) is 7.11 Å². The molecule has 11 heteroatoms. The molecule has 2 unspecified atom stereocenters. The van der Waals surface area contributed by atoms with E-state index in [2.05, 4.69) is 35.9 Å². The zero-order chi connectivity index (χ0) is 23.6. The predicted molar refractivity (Wildman–Crippen MR) is 118 cm³/mol. The van der Waals surface area contributed by atoms with Gasteiger partial charge in [-0.2, -0.15) is 13.2 Å². The van der Waals surface area contributed by atoms with E-state index in [4.69, 9.17) is 9.47 Å². The normalized spacial score (nSPS) is 18.2. The first-order valence-corrected chi connectivity index (χ1v) is 10.5. The summed E-state index contributed by atoms with van der Waals surface area (Å²) in [6, 6.07) is 7.60. The summed E-state index contributed by atoms with van der Waals surface area (Å²) in [5.74, 6) is 1.46. The summed E-state index contributed by atoms with van der Waals surface area (Å²) in [5, 5.41) is 0. The fourth-order valence-corrected chi connectivity index (χ4v) is 3.41. The Morgan fingerprint density at radius 3 is 2.61 bits per heavy atom. The number of allylic oxidation sites excluding steroid dienone is 1. The van der Waals surface area contributed by atoms with Gasteiger partial charge in [-0.05, 0) is 46.3 Å². The zero-order valence-corrected chi connectivity index (χ0v) is 18.7. The fourth-order valence-electron chi connectivity index (χ4n) is 3.17. The summed E-state index contributed by atoms with van der Waals surface area (Å²) in [5.41, 5.74) is 1.11. The molecule has 0 radical (unpaired) electrons. The Balaban J connectivity index is 1.46. The van der Waals surface area contributed by atoms with Crippen LogP contribution >= 0.6 is 15.9 Å². The van der Waals surface area contributed by atoms with Crippen LogP contribution in [-0.2, 0) is 0 Å². The summed E-state index contributed by atoms with van der Waals surface area (Å²) < 4.78 is 63.9. The highest BCUT2D eigenvalue weighted by Gasteiger charge is 2.36. The van der Waals surface area contributed by atoms with Gasteiger partial charge in [0.2, 0.25) is 0 Å². The lowest BCUT2D eigenvalue weighted by Gasteiger charge is -2.21. The molecule has 4 rings (SSSR count). The van der Waals surface area contributed by atoms with Crippen LogP contribution in [0.3, 0.4) is 0 Å². The van der Waals surface area contributed by atoms with Crippen molar-refractivity contribution < 1.29 is 27.0 Å². The first-order chi connectivity index (χ1) is 15.7. The topological polar surface area (TPSA) is 72.4 Å². The summed E-state index contributed by atoms with van der Waals surface area (Å²) in [6.45, 7) is -0.230. The van der Waals surface area contributed by atoms with Crippen molar-refractivity contribution >= 4 is 22.1 Å². The summed E-state index contributed by atoms with van der Waals surface area (Å²) in [7, 11) is 1.49. The number of imidazole rings is 1. The molecular formula is C22H17BrF4N4O2. The maximum atomic E-state index is 14.1. The van der Waals surface area contributed by atoms with E-state index < -0.39 is 24.0 Å². The molecular weight excluding hydrogens is 508 g/mol. The first-order valence-electron chi connectivity index (χ1n) is 9.69. The monoisotopic (exact) mass is 524 g/mol. The molecule has 1 aromatic carbocycles. The number of ether oxygens (including phenoxy) is 2. The maximum Gasteiger partial charge on any atom is 0.417 e. The Morgan fingerprint density at radius 1 is 1.12 bits per heavy atom. The largest absolute Gasteiger partial charge is 0.496 e. The number of H-pyrrole nitrogens is 1. The van der Waals surface area contributed by atoms with Gasteiger partial charge in [0.05, 0.1) is 24.6 Å². The lowest BCUT2D eigenvalue weighted by molar-refractivity contribution is -0.0866. The van der Waals surface area contributed by atoms with Crippen molar-refractivity contribution in [1.82, 2.24) is 15.0 Å². The quantitative estimate of drug-likeness (QED) is 0.338. The van der Waals surface area contributed by atoms with Gasteiger partial charge in [0, 0.05) is 29.6 Å². The second-order valence-electron chi connectivity index (χ2n) is 7.10. The Morgan fingerprint density at radius 2 is 1.94 bits per heavy atom. The van der Waals surface area contributed by atoms with Gasteiger partial charge in [0.1, 0.15) is 40.7 Å². The number of rotatable bonds is 6. The summed E-state index contributed by atoms with van der Waals surface area (Å²) in [6.07, 6.45) is -2.05. The second-order valence-corrected chi connectivity index (χ2v) is 7.91. The third kappa shape index (κ3) is 5.24. The van der Waals surface area contributed by atoms with Gasteiger partial charge >= 0.3 is 6.18 Å². The third-order valence-electron chi connectivity index (χ3n) is 4.90. The number of halogens is 5. The van der Waals surface area contributed by atoms with E-state index in [0.29, 0.717) is 45.5 Å². The number of nitrogens with one attached hydrogen (secondary N) is 1. The van der Waals surface area contributed by atoms with Crippen LogP contribution in [0.4, 0.5) is 17.6 Å². The number of hydrogen-bond acceptors (Lipinski definition) is 5. The number of dihydropyridines is 1. The van der Waals surface area contributed by atoms with Gasteiger partial charge in [0.15, 0.2) is 0 Å². The highest BCUT2D eigenvalue weighted by molar-refractivity contribution is 9.10. The van der Waals surface area contributed by atoms with Gasteiger partial charge in [0.25, 0.3) is 0 Å². The Hall–Kier alpha value is -3.21. The molecule has 33 heavy (non-hydrogen) atoms. The maximum absolute atomic E-state index is 14.1.